The van der Waals surface area contributed by atoms with Crippen molar-refractivity contribution in [2.45, 2.75) is 16.7 Å². The smallest absolute Gasteiger partial charge is 0.339 e. The third-order valence-corrected chi connectivity index (χ3v) is 5.12. The van der Waals surface area contributed by atoms with Crippen LogP contribution in [-0.2, 0) is 20.0 Å². The van der Waals surface area contributed by atoms with Gasteiger partial charge < -0.3 is 4.18 Å². The molecule has 0 radical (unpaired) electrons. The standard InChI is InChI=1S/C14H14O5S2/c1-11-6-8-13(9-7-11)21(17,18)19-12-4-3-5-14(10-12)20(2,15)16/h3-10H,1-2H3. The van der Waals surface area contributed by atoms with Crippen molar-refractivity contribution in [1.82, 2.24) is 0 Å². The quantitative estimate of drug-likeness (QED) is 0.805. The first kappa shape index (κ1) is 15.5. The van der Waals surface area contributed by atoms with Gasteiger partial charge in [-0.05, 0) is 31.2 Å². The maximum Gasteiger partial charge on any atom is 0.339 e. The molecule has 0 spiro atoms. The first-order chi connectivity index (χ1) is 9.68. The highest BCUT2D eigenvalue weighted by atomic mass is 32.2. The first-order valence-electron chi connectivity index (χ1n) is 6.00. The van der Waals surface area contributed by atoms with Gasteiger partial charge in [-0.25, -0.2) is 8.42 Å². The van der Waals surface area contributed by atoms with Crippen LogP contribution in [0.4, 0.5) is 0 Å². The highest BCUT2D eigenvalue weighted by molar-refractivity contribution is 7.90. The number of benzene rings is 2. The van der Waals surface area contributed by atoms with Gasteiger partial charge in [-0.1, -0.05) is 23.8 Å². The minimum atomic E-state index is -3.99. The fourth-order valence-corrected chi connectivity index (χ4v) is 3.22. The Bertz CT molecular complexity index is 850. The largest absolute Gasteiger partial charge is 0.379 e. The van der Waals surface area contributed by atoms with E-state index in [4.69, 9.17) is 4.18 Å². The van der Waals surface area contributed by atoms with Crippen LogP contribution < -0.4 is 4.18 Å². The van der Waals surface area contributed by atoms with Crippen LogP contribution in [0.25, 0.3) is 0 Å². The third-order valence-electron chi connectivity index (χ3n) is 2.75. The molecule has 5 nitrogen and oxygen atoms in total. The van der Waals surface area contributed by atoms with Crippen LogP contribution in [-0.4, -0.2) is 23.1 Å². The Morgan fingerprint density at radius 2 is 1.48 bits per heavy atom. The molecule has 0 N–H and O–H groups in total. The van der Waals surface area contributed by atoms with Gasteiger partial charge in [0.05, 0.1) is 4.90 Å². The molecule has 0 atom stereocenters. The molecule has 0 bridgehead atoms. The average Bonchev–Trinajstić information content (AvgIpc) is 2.38. The van der Waals surface area contributed by atoms with Gasteiger partial charge in [0.25, 0.3) is 0 Å². The van der Waals surface area contributed by atoms with Crippen LogP contribution in [0.2, 0.25) is 0 Å². The summed E-state index contributed by atoms with van der Waals surface area (Å²) in [6.07, 6.45) is 1.04. The normalized spacial score (nSPS) is 12.1. The average molecular weight is 326 g/mol. The van der Waals surface area contributed by atoms with Crippen LogP contribution in [0.5, 0.6) is 5.75 Å². The molecule has 0 aliphatic rings. The van der Waals surface area contributed by atoms with Crippen LogP contribution in [0.3, 0.4) is 0 Å². The zero-order chi connectivity index (χ0) is 15.7. The Hall–Kier alpha value is -1.86. The van der Waals surface area contributed by atoms with E-state index in [0.29, 0.717) is 0 Å². The molecule has 0 amide bonds. The molecule has 0 aliphatic heterocycles. The van der Waals surface area contributed by atoms with E-state index in [0.717, 1.165) is 11.8 Å². The summed E-state index contributed by atoms with van der Waals surface area (Å²) >= 11 is 0. The number of aryl methyl sites for hydroxylation is 1. The molecule has 2 rings (SSSR count). The van der Waals surface area contributed by atoms with Crippen molar-refractivity contribution in [1.29, 1.82) is 0 Å². The second kappa shape index (κ2) is 5.50. The van der Waals surface area contributed by atoms with Crippen molar-refractivity contribution >= 4 is 20.0 Å². The molecule has 112 valence electrons. The summed E-state index contributed by atoms with van der Waals surface area (Å²) < 4.78 is 52.1. The Labute approximate surface area is 124 Å². The predicted molar refractivity (Wildman–Crippen MR) is 78.5 cm³/mol. The Morgan fingerprint density at radius 1 is 0.857 bits per heavy atom. The van der Waals surface area contributed by atoms with Gasteiger partial charge >= 0.3 is 10.1 Å². The number of sulfone groups is 1. The van der Waals surface area contributed by atoms with E-state index < -0.39 is 20.0 Å². The molecule has 7 heteroatoms. The Kier molecular flexibility index (Phi) is 4.06. The molecule has 0 unspecified atom stereocenters. The first-order valence-corrected chi connectivity index (χ1v) is 9.30. The van der Waals surface area contributed by atoms with Gasteiger partial charge in [0.1, 0.15) is 10.6 Å². The number of hydrogen-bond donors (Lipinski definition) is 0. The lowest BCUT2D eigenvalue weighted by molar-refractivity contribution is 0.485. The SMILES string of the molecule is Cc1ccc(S(=O)(=O)Oc2cccc(S(C)(=O)=O)c2)cc1. The van der Waals surface area contributed by atoms with Gasteiger partial charge in [-0.3, -0.25) is 0 Å². The fraction of sp³-hybridized carbons (Fsp3) is 0.143. The molecule has 0 aliphatic carbocycles. The molecular weight excluding hydrogens is 312 g/mol. The minimum absolute atomic E-state index is 0.000828. The Morgan fingerprint density at radius 3 is 2.05 bits per heavy atom. The van der Waals surface area contributed by atoms with Crippen molar-refractivity contribution in [3.05, 3.63) is 54.1 Å². The lowest BCUT2D eigenvalue weighted by Crippen LogP contribution is -2.10. The number of rotatable bonds is 4. The summed E-state index contributed by atoms with van der Waals surface area (Å²) in [4.78, 5) is 0.0111. The van der Waals surface area contributed by atoms with Crippen LogP contribution >= 0.6 is 0 Å². The second-order valence-corrected chi connectivity index (χ2v) is 8.16. The molecule has 0 saturated carbocycles. The second-order valence-electron chi connectivity index (χ2n) is 4.60. The Balaban J connectivity index is 2.35. The van der Waals surface area contributed by atoms with Crippen molar-refractivity contribution in [3.8, 4) is 5.75 Å². The summed E-state index contributed by atoms with van der Waals surface area (Å²) in [6.45, 7) is 1.84. The predicted octanol–water partition coefficient (Wildman–Crippen LogP) is 2.17. The highest BCUT2D eigenvalue weighted by Gasteiger charge is 2.17. The molecule has 0 fully saturated rings. The molecule has 0 saturated heterocycles. The van der Waals surface area contributed by atoms with Crippen molar-refractivity contribution in [2.75, 3.05) is 6.26 Å². The van der Waals surface area contributed by atoms with Gasteiger partial charge in [0, 0.05) is 12.3 Å². The highest BCUT2D eigenvalue weighted by Crippen LogP contribution is 2.22. The van der Waals surface area contributed by atoms with Crippen LogP contribution in [0.1, 0.15) is 5.56 Å². The monoisotopic (exact) mass is 326 g/mol. The molecule has 2 aromatic carbocycles. The maximum absolute atomic E-state index is 12.1. The molecule has 0 aromatic heterocycles. The lowest BCUT2D eigenvalue weighted by atomic mass is 10.2. The van der Waals surface area contributed by atoms with E-state index in [2.05, 4.69) is 0 Å². The summed E-state index contributed by atoms with van der Waals surface area (Å²) in [5.74, 6) is -0.0431. The molecular formula is C14H14O5S2. The summed E-state index contributed by atoms with van der Waals surface area (Å²) in [5, 5.41) is 0. The summed E-state index contributed by atoms with van der Waals surface area (Å²) in [6, 6.07) is 11.6. The van der Waals surface area contributed by atoms with Gasteiger partial charge in [-0.2, -0.15) is 8.42 Å². The van der Waals surface area contributed by atoms with E-state index in [1.165, 1.54) is 36.4 Å². The molecule has 0 heterocycles. The van der Waals surface area contributed by atoms with E-state index in [1.807, 2.05) is 6.92 Å². The minimum Gasteiger partial charge on any atom is -0.379 e. The molecule has 21 heavy (non-hydrogen) atoms. The van der Waals surface area contributed by atoms with E-state index in [-0.39, 0.29) is 15.5 Å². The van der Waals surface area contributed by atoms with Crippen molar-refractivity contribution in [3.63, 3.8) is 0 Å². The van der Waals surface area contributed by atoms with Crippen molar-refractivity contribution < 1.29 is 21.0 Å². The zero-order valence-electron chi connectivity index (χ0n) is 11.5. The lowest BCUT2D eigenvalue weighted by Gasteiger charge is -2.08. The van der Waals surface area contributed by atoms with Crippen LogP contribution in [0.15, 0.2) is 58.3 Å². The van der Waals surface area contributed by atoms with Gasteiger partial charge in [0.2, 0.25) is 0 Å². The van der Waals surface area contributed by atoms with Gasteiger partial charge in [-0.15, -0.1) is 0 Å². The maximum atomic E-state index is 12.1. The zero-order valence-corrected chi connectivity index (χ0v) is 13.1. The summed E-state index contributed by atoms with van der Waals surface area (Å²) in [5.41, 5.74) is 0.924. The van der Waals surface area contributed by atoms with Crippen molar-refractivity contribution in [2.24, 2.45) is 0 Å². The van der Waals surface area contributed by atoms with E-state index in [9.17, 15) is 16.8 Å². The fourth-order valence-electron chi connectivity index (χ4n) is 1.64. The summed E-state index contributed by atoms with van der Waals surface area (Å²) in [7, 11) is -7.41. The van der Waals surface area contributed by atoms with Crippen LogP contribution in [0, 0.1) is 6.92 Å². The third kappa shape index (κ3) is 3.83. The van der Waals surface area contributed by atoms with Gasteiger partial charge in [0.15, 0.2) is 9.84 Å². The topological polar surface area (TPSA) is 77.5 Å². The van der Waals surface area contributed by atoms with E-state index in [1.54, 1.807) is 12.1 Å². The number of hydrogen-bond acceptors (Lipinski definition) is 5. The molecule has 2 aromatic rings. The van der Waals surface area contributed by atoms with E-state index >= 15 is 0 Å².